The highest BCUT2D eigenvalue weighted by Crippen LogP contribution is 2.24. The minimum Gasteiger partial charge on any atom is -0.272 e. The molecule has 0 unspecified atom stereocenters. The molecule has 0 spiro atoms. The smallest absolute Gasteiger partial charge is 0.253 e. The van der Waals surface area contributed by atoms with Crippen molar-refractivity contribution in [3.8, 4) is 6.07 Å². The van der Waals surface area contributed by atoms with Crippen molar-refractivity contribution in [1.29, 1.82) is 5.26 Å². The van der Waals surface area contributed by atoms with E-state index in [-0.39, 0.29) is 17.9 Å². The lowest BCUT2D eigenvalue weighted by Crippen LogP contribution is -2.41. The van der Waals surface area contributed by atoms with Crippen molar-refractivity contribution < 1.29 is 9.59 Å². The molecule has 0 N–H and O–H groups in total. The SMILES string of the molecule is C=CC#N.O=C1C=CC(=O)N1C1CCCCC1. The third-order valence-corrected chi connectivity index (χ3v) is 2.87. The summed E-state index contributed by atoms with van der Waals surface area (Å²) in [5.41, 5.74) is 0. The zero-order valence-electron chi connectivity index (χ0n) is 9.76. The van der Waals surface area contributed by atoms with E-state index in [1.54, 1.807) is 6.07 Å². The van der Waals surface area contributed by atoms with Crippen molar-refractivity contribution in [2.45, 2.75) is 38.1 Å². The van der Waals surface area contributed by atoms with Gasteiger partial charge < -0.3 is 0 Å². The minimum absolute atomic E-state index is 0.128. The van der Waals surface area contributed by atoms with Gasteiger partial charge in [-0.25, -0.2) is 0 Å². The fraction of sp³-hybridized carbons (Fsp3) is 0.462. The Balaban J connectivity index is 0.000000317. The first-order valence-electron chi connectivity index (χ1n) is 5.76. The van der Waals surface area contributed by atoms with Gasteiger partial charge in [-0.05, 0) is 12.8 Å². The second-order valence-electron chi connectivity index (χ2n) is 4.00. The maximum Gasteiger partial charge on any atom is 0.253 e. The molecule has 2 rings (SSSR count). The van der Waals surface area contributed by atoms with Gasteiger partial charge in [0, 0.05) is 24.3 Å². The molecule has 1 aliphatic carbocycles. The van der Waals surface area contributed by atoms with Gasteiger partial charge in [-0.15, -0.1) is 0 Å². The highest BCUT2D eigenvalue weighted by Gasteiger charge is 2.31. The first kappa shape index (κ1) is 13.2. The van der Waals surface area contributed by atoms with E-state index < -0.39 is 0 Å². The third-order valence-electron chi connectivity index (χ3n) is 2.87. The van der Waals surface area contributed by atoms with Gasteiger partial charge in [-0.2, -0.15) is 5.26 Å². The molecule has 1 aliphatic heterocycles. The van der Waals surface area contributed by atoms with E-state index in [1.807, 2.05) is 0 Å². The average Bonchev–Trinajstić information content (AvgIpc) is 2.70. The maximum atomic E-state index is 11.3. The van der Waals surface area contributed by atoms with Crippen LogP contribution in [-0.4, -0.2) is 22.8 Å². The molecule has 2 amide bonds. The van der Waals surface area contributed by atoms with Crippen LogP contribution in [0.2, 0.25) is 0 Å². The Morgan fingerprint density at radius 1 is 1.24 bits per heavy atom. The maximum absolute atomic E-state index is 11.3. The molecule has 0 atom stereocenters. The number of nitriles is 1. The number of rotatable bonds is 1. The Kier molecular flexibility index (Phi) is 5.15. The normalized spacial score (nSPS) is 19.6. The van der Waals surface area contributed by atoms with E-state index in [0.717, 1.165) is 25.7 Å². The summed E-state index contributed by atoms with van der Waals surface area (Å²) >= 11 is 0. The monoisotopic (exact) mass is 232 g/mol. The third kappa shape index (κ3) is 3.56. The van der Waals surface area contributed by atoms with Gasteiger partial charge >= 0.3 is 0 Å². The first-order valence-corrected chi connectivity index (χ1v) is 5.76. The molecule has 0 saturated heterocycles. The fourth-order valence-corrected chi connectivity index (χ4v) is 2.11. The van der Waals surface area contributed by atoms with Crippen molar-refractivity contribution in [2.24, 2.45) is 0 Å². The van der Waals surface area contributed by atoms with Crippen LogP contribution >= 0.6 is 0 Å². The molecule has 90 valence electrons. The molecule has 0 aromatic rings. The summed E-state index contributed by atoms with van der Waals surface area (Å²) in [5, 5.41) is 7.51. The van der Waals surface area contributed by atoms with Gasteiger partial charge in [0.05, 0.1) is 6.07 Å². The van der Waals surface area contributed by atoms with Crippen molar-refractivity contribution in [3.05, 3.63) is 24.8 Å². The Morgan fingerprint density at radius 3 is 2.12 bits per heavy atom. The lowest BCUT2D eigenvalue weighted by Gasteiger charge is -2.29. The molecule has 0 aromatic carbocycles. The lowest BCUT2D eigenvalue weighted by atomic mass is 9.94. The summed E-state index contributed by atoms with van der Waals surface area (Å²) in [7, 11) is 0. The highest BCUT2D eigenvalue weighted by atomic mass is 16.2. The van der Waals surface area contributed by atoms with Gasteiger partial charge in [-0.3, -0.25) is 14.5 Å². The summed E-state index contributed by atoms with van der Waals surface area (Å²) < 4.78 is 0. The summed E-state index contributed by atoms with van der Waals surface area (Å²) in [4.78, 5) is 24.0. The predicted molar refractivity (Wildman–Crippen MR) is 63.7 cm³/mol. The van der Waals surface area contributed by atoms with Crippen LogP contribution in [0.3, 0.4) is 0 Å². The van der Waals surface area contributed by atoms with Crippen LogP contribution in [0.15, 0.2) is 24.8 Å². The summed E-state index contributed by atoms with van der Waals surface area (Å²) in [6.45, 7) is 3.12. The second kappa shape index (κ2) is 6.64. The molecule has 4 nitrogen and oxygen atoms in total. The zero-order chi connectivity index (χ0) is 12.7. The van der Waals surface area contributed by atoms with Gasteiger partial charge in [0.25, 0.3) is 11.8 Å². The molecule has 17 heavy (non-hydrogen) atoms. The number of allylic oxidation sites excluding steroid dienone is 1. The molecule has 1 heterocycles. The van der Waals surface area contributed by atoms with Crippen molar-refractivity contribution in [2.75, 3.05) is 0 Å². The molecule has 1 saturated carbocycles. The first-order chi connectivity index (χ1) is 8.20. The van der Waals surface area contributed by atoms with Gasteiger partial charge in [0.15, 0.2) is 0 Å². The molecule has 2 aliphatic rings. The number of carbonyl (C=O) groups is 2. The topological polar surface area (TPSA) is 61.2 Å². The summed E-state index contributed by atoms with van der Waals surface area (Å²) in [5.74, 6) is -0.256. The molecule has 0 radical (unpaired) electrons. The number of carbonyl (C=O) groups excluding carboxylic acids is 2. The standard InChI is InChI=1S/C10H13NO2.C3H3N/c12-9-6-7-10(13)11(9)8-4-2-1-3-5-8;1-2-3-4/h6-8H,1-5H2;2H,1H2. The van der Waals surface area contributed by atoms with Gasteiger partial charge in [0.2, 0.25) is 0 Å². The highest BCUT2D eigenvalue weighted by molar-refractivity contribution is 6.13. The summed E-state index contributed by atoms with van der Waals surface area (Å²) in [6, 6.07) is 1.86. The quantitative estimate of drug-likeness (QED) is 0.512. The Labute approximate surface area is 101 Å². The average molecular weight is 232 g/mol. The van der Waals surface area contributed by atoms with Gasteiger partial charge in [-0.1, -0.05) is 25.8 Å². The summed E-state index contributed by atoms with van der Waals surface area (Å²) in [6.07, 6.45) is 9.41. The zero-order valence-corrected chi connectivity index (χ0v) is 9.76. The van der Waals surface area contributed by atoms with E-state index >= 15 is 0 Å². The Hall–Kier alpha value is -1.89. The van der Waals surface area contributed by atoms with Crippen LogP contribution in [-0.2, 0) is 9.59 Å². The molecule has 1 fully saturated rings. The van der Waals surface area contributed by atoms with E-state index in [0.29, 0.717) is 0 Å². The van der Waals surface area contributed by atoms with E-state index in [9.17, 15) is 9.59 Å². The number of hydrogen-bond donors (Lipinski definition) is 0. The van der Waals surface area contributed by atoms with Crippen LogP contribution in [0, 0.1) is 11.3 Å². The number of hydrogen-bond acceptors (Lipinski definition) is 3. The van der Waals surface area contributed by atoms with Crippen LogP contribution in [0.1, 0.15) is 32.1 Å². The van der Waals surface area contributed by atoms with E-state index in [2.05, 4.69) is 6.58 Å². The van der Waals surface area contributed by atoms with Crippen LogP contribution in [0.5, 0.6) is 0 Å². The van der Waals surface area contributed by atoms with Crippen LogP contribution in [0.25, 0.3) is 0 Å². The fourth-order valence-electron chi connectivity index (χ4n) is 2.11. The predicted octanol–water partition coefficient (Wildman–Crippen LogP) is 1.94. The van der Waals surface area contributed by atoms with Crippen LogP contribution < -0.4 is 0 Å². The van der Waals surface area contributed by atoms with Crippen LogP contribution in [0.4, 0.5) is 0 Å². The van der Waals surface area contributed by atoms with Crippen molar-refractivity contribution in [3.63, 3.8) is 0 Å². The Morgan fingerprint density at radius 2 is 1.71 bits per heavy atom. The second-order valence-corrected chi connectivity index (χ2v) is 4.00. The lowest BCUT2D eigenvalue weighted by molar-refractivity contribution is -0.140. The molecular formula is C13H16N2O2. The molecule has 0 bridgehead atoms. The molecule has 0 aromatic heterocycles. The minimum atomic E-state index is -0.128. The van der Waals surface area contributed by atoms with Crippen molar-refractivity contribution in [1.82, 2.24) is 4.90 Å². The molecular weight excluding hydrogens is 216 g/mol. The number of nitrogens with zero attached hydrogens (tertiary/aromatic N) is 2. The number of imide groups is 1. The van der Waals surface area contributed by atoms with E-state index in [1.165, 1.54) is 29.5 Å². The molecule has 4 heteroatoms. The van der Waals surface area contributed by atoms with Gasteiger partial charge in [0.1, 0.15) is 0 Å². The Bertz CT molecular complexity index is 355. The largest absolute Gasteiger partial charge is 0.272 e. The van der Waals surface area contributed by atoms with E-state index in [4.69, 9.17) is 5.26 Å². The van der Waals surface area contributed by atoms with Crippen molar-refractivity contribution >= 4 is 11.8 Å². The number of amides is 2.